The van der Waals surface area contributed by atoms with Crippen LogP contribution in [-0.2, 0) is 6.54 Å². The number of aromatic nitrogens is 6. The Morgan fingerprint density at radius 2 is 1.94 bits per heavy atom. The first-order valence-electron chi connectivity index (χ1n) is 9.84. The predicted molar refractivity (Wildman–Crippen MR) is 122 cm³/mol. The number of aryl methyl sites for hydroxylation is 2. The van der Waals surface area contributed by atoms with Gasteiger partial charge in [0.1, 0.15) is 11.3 Å². The molecule has 0 aliphatic heterocycles. The fraction of sp³-hybridized carbons (Fsp3) is 0.333. The molecule has 0 saturated carbocycles. The van der Waals surface area contributed by atoms with Crippen molar-refractivity contribution >= 4 is 39.9 Å². The summed E-state index contributed by atoms with van der Waals surface area (Å²) in [6.07, 6.45) is 3.46. The number of nitrogens with zero attached hydrogens (tertiary/aromatic N) is 6. The Morgan fingerprint density at radius 3 is 2.68 bits per heavy atom. The molecule has 31 heavy (non-hydrogen) atoms. The number of pyridine rings is 1. The van der Waals surface area contributed by atoms with E-state index in [-0.39, 0.29) is 11.2 Å². The molecule has 4 aromatic rings. The van der Waals surface area contributed by atoms with E-state index in [1.807, 2.05) is 43.7 Å². The van der Waals surface area contributed by atoms with Crippen molar-refractivity contribution < 1.29 is 4.74 Å². The van der Waals surface area contributed by atoms with Crippen molar-refractivity contribution in [3.8, 4) is 11.6 Å². The molecule has 4 heterocycles. The maximum atomic E-state index is 6.30. The highest BCUT2D eigenvalue weighted by Crippen LogP contribution is 2.29. The van der Waals surface area contributed by atoms with Crippen LogP contribution in [0.3, 0.4) is 0 Å². The van der Waals surface area contributed by atoms with Crippen molar-refractivity contribution in [3.63, 3.8) is 0 Å². The van der Waals surface area contributed by atoms with Crippen molar-refractivity contribution in [2.24, 2.45) is 5.92 Å². The third kappa shape index (κ3) is 4.18. The Morgan fingerprint density at radius 1 is 1.16 bits per heavy atom. The minimum absolute atomic E-state index is 0.132. The molecule has 0 radical (unpaired) electrons. The molecule has 0 amide bonds. The number of ether oxygens (including phenoxy) is 1. The van der Waals surface area contributed by atoms with Crippen LogP contribution in [0.4, 0.5) is 5.69 Å². The zero-order chi connectivity index (χ0) is 22.3. The van der Waals surface area contributed by atoms with Crippen LogP contribution in [0.1, 0.15) is 24.0 Å². The second-order valence-electron chi connectivity index (χ2n) is 7.70. The summed E-state index contributed by atoms with van der Waals surface area (Å²) in [7, 11) is 0. The highest BCUT2D eigenvalue weighted by atomic mass is 35.5. The second kappa shape index (κ2) is 8.36. The molecule has 162 valence electrons. The van der Waals surface area contributed by atoms with Crippen molar-refractivity contribution in [3.05, 3.63) is 51.9 Å². The summed E-state index contributed by atoms with van der Waals surface area (Å²) in [6.45, 7) is 8.94. The molecule has 1 atom stereocenters. The first-order valence-corrected chi connectivity index (χ1v) is 10.6. The number of rotatable bonds is 6. The highest BCUT2D eigenvalue weighted by Gasteiger charge is 2.18. The van der Waals surface area contributed by atoms with Gasteiger partial charge in [0.15, 0.2) is 0 Å². The van der Waals surface area contributed by atoms with Gasteiger partial charge < -0.3 is 15.0 Å². The van der Waals surface area contributed by atoms with Gasteiger partial charge in [-0.15, -0.1) is 5.10 Å². The second-order valence-corrected chi connectivity index (χ2v) is 8.44. The van der Waals surface area contributed by atoms with Crippen LogP contribution in [0.5, 0.6) is 5.88 Å². The number of fused-ring (bicyclic) bond motifs is 1. The van der Waals surface area contributed by atoms with Gasteiger partial charge in [0.2, 0.25) is 5.28 Å². The van der Waals surface area contributed by atoms with Crippen LogP contribution < -0.4 is 10.5 Å². The van der Waals surface area contributed by atoms with E-state index >= 15 is 0 Å². The van der Waals surface area contributed by atoms with E-state index in [2.05, 4.69) is 27.0 Å². The summed E-state index contributed by atoms with van der Waals surface area (Å²) < 4.78 is 9.70. The normalized spacial score (nSPS) is 12.5. The van der Waals surface area contributed by atoms with E-state index in [0.717, 1.165) is 28.2 Å². The lowest BCUT2D eigenvalue weighted by Gasteiger charge is -2.13. The van der Waals surface area contributed by atoms with E-state index in [1.165, 1.54) is 0 Å². The maximum absolute atomic E-state index is 6.30. The number of anilines is 1. The van der Waals surface area contributed by atoms with Crippen molar-refractivity contribution in [2.45, 2.75) is 34.2 Å². The summed E-state index contributed by atoms with van der Waals surface area (Å²) in [5.74, 6) is 0.540. The van der Waals surface area contributed by atoms with Crippen LogP contribution in [0.15, 0.2) is 24.5 Å². The molecular weight excluding hydrogens is 437 g/mol. The number of hydrogen-bond donors (Lipinski definition) is 1. The van der Waals surface area contributed by atoms with Crippen molar-refractivity contribution in [1.29, 1.82) is 0 Å². The van der Waals surface area contributed by atoms with Gasteiger partial charge in [-0.3, -0.25) is 4.98 Å². The minimum Gasteiger partial charge on any atom is -0.475 e. The van der Waals surface area contributed by atoms with Crippen LogP contribution >= 0.6 is 23.2 Å². The number of nitrogens with two attached hydrogens (primary N) is 1. The molecule has 4 aromatic heterocycles. The molecule has 0 unspecified atom stereocenters. The summed E-state index contributed by atoms with van der Waals surface area (Å²) in [5, 5.41) is 6.11. The molecule has 0 aromatic carbocycles. The first-order chi connectivity index (χ1) is 14.7. The molecule has 0 spiro atoms. The van der Waals surface area contributed by atoms with Crippen LogP contribution in [0, 0.1) is 26.7 Å². The Labute approximate surface area is 190 Å². The first kappa shape index (κ1) is 21.4. The van der Waals surface area contributed by atoms with Gasteiger partial charge in [-0.2, -0.15) is 4.98 Å². The largest absolute Gasteiger partial charge is 0.475 e. The lowest BCUT2D eigenvalue weighted by molar-refractivity contribution is 0.237. The molecule has 8 nitrogen and oxygen atoms in total. The molecule has 0 saturated heterocycles. The third-order valence-corrected chi connectivity index (χ3v) is 5.59. The molecule has 0 aliphatic rings. The fourth-order valence-electron chi connectivity index (χ4n) is 3.49. The van der Waals surface area contributed by atoms with E-state index in [4.69, 9.17) is 33.7 Å². The quantitative estimate of drug-likeness (QED) is 0.425. The van der Waals surface area contributed by atoms with Crippen LogP contribution in [0.2, 0.25) is 10.3 Å². The third-order valence-electron chi connectivity index (χ3n) is 5.10. The van der Waals surface area contributed by atoms with Crippen molar-refractivity contribution in [2.75, 3.05) is 12.3 Å². The standard InChI is InChI=1S/C21H23Cl2N7O/c1-11(8-29-9-16(22)15-7-25-21(23)27-19(15)29)10-31-20-18(24)14(4)30(28-20)17-6-5-12(2)26-13(17)3/h5-7,9,11H,8,10,24H2,1-4H3/t11-/m0/s1. The molecule has 4 rings (SSSR count). The maximum Gasteiger partial charge on any atom is 0.257 e. The molecule has 10 heteroatoms. The summed E-state index contributed by atoms with van der Waals surface area (Å²) in [6, 6.07) is 3.93. The monoisotopic (exact) mass is 459 g/mol. The average molecular weight is 460 g/mol. The Hall–Kier alpha value is -2.84. The summed E-state index contributed by atoms with van der Waals surface area (Å²) >= 11 is 12.2. The van der Waals surface area contributed by atoms with E-state index < -0.39 is 0 Å². The molecule has 0 aliphatic carbocycles. The van der Waals surface area contributed by atoms with Gasteiger partial charge in [0, 0.05) is 30.6 Å². The zero-order valence-electron chi connectivity index (χ0n) is 17.7. The van der Waals surface area contributed by atoms with Crippen LogP contribution in [0.25, 0.3) is 16.7 Å². The molecule has 0 bridgehead atoms. The molecule has 0 fully saturated rings. The average Bonchev–Trinajstić information content (AvgIpc) is 3.17. The molecule has 2 N–H and O–H groups in total. The van der Waals surface area contributed by atoms with Crippen LogP contribution in [-0.4, -0.2) is 35.9 Å². The SMILES string of the molecule is Cc1ccc(-n2nc(OC[C@@H](C)Cn3cc(Cl)c4cnc(Cl)nc43)c(N)c2C)c(C)n1. The van der Waals surface area contributed by atoms with Gasteiger partial charge in [0.25, 0.3) is 5.88 Å². The van der Waals surface area contributed by atoms with E-state index in [1.54, 1.807) is 10.9 Å². The van der Waals surface area contributed by atoms with Gasteiger partial charge >= 0.3 is 0 Å². The Bertz CT molecular complexity index is 1260. The van der Waals surface area contributed by atoms with E-state index in [0.29, 0.717) is 35.4 Å². The van der Waals surface area contributed by atoms with E-state index in [9.17, 15) is 0 Å². The van der Waals surface area contributed by atoms with Gasteiger partial charge in [-0.05, 0) is 44.5 Å². The highest BCUT2D eigenvalue weighted by molar-refractivity contribution is 6.35. The van der Waals surface area contributed by atoms with Gasteiger partial charge in [0.05, 0.1) is 34.1 Å². The Kier molecular flexibility index (Phi) is 5.77. The number of hydrogen-bond acceptors (Lipinski definition) is 6. The number of nitrogen functional groups attached to an aromatic ring is 1. The minimum atomic E-state index is 0.132. The zero-order valence-corrected chi connectivity index (χ0v) is 19.2. The number of halogens is 2. The lowest BCUT2D eigenvalue weighted by atomic mass is 10.2. The topological polar surface area (TPSA) is 96.7 Å². The fourth-order valence-corrected chi connectivity index (χ4v) is 3.87. The lowest BCUT2D eigenvalue weighted by Crippen LogP contribution is -2.16. The van der Waals surface area contributed by atoms with Gasteiger partial charge in [-0.25, -0.2) is 9.67 Å². The summed E-state index contributed by atoms with van der Waals surface area (Å²) in [4.78, 5) is 12.8. The molecular formula is C21H23Cl2N7O. The Balaban J connectivity index is 1.50. The van der Waals surface area contributed by atoms with Crippen molar-refractivity contribution in [1.82, 2.24) is 29.3 Å². The predicted octanol–water partition coefficient (Wildman–Crippen LogP) is 4.54. The van der Waals surface area contributed by atoms with Gasteiger partial charge in [-0.1, -0.05) is 18.5 Å². The summed E-state index contributed by atoms with van der Waals surface area (Å²) in [5.41, 5.74) is 11.0. The smallest absolute Gasteiger partial charge is 0.257 e.